The molecular formula is C12H23N. The van der Waals surface area contributed by atoms with Gasteiger partial charge in [-0.05, 0) is 57.0 Å². The lowest BCUT2D eigenvalue weighted by Gasteiger charge is -2.45. The first-order chi connectivity index (χ1) is 6.31. The summed E-state index contributed by atoms with van der Waals surface area (Å²) in [4.78, 5) is 2.72. The lowest BCUT2D eigenvalue weighted by molar-refractivity contribution is 0.0493. The third kappa shape index (κ3) is 1.90. The molecule has 0 aromatic carbocycles. The van der Waals surface area contributed by atoms with Gasteiger partial charge in [-0.15, -0.1) is 0 Å². The largest absolute Gasteiger partial charge is 0.300 e. The average Bonchev–Trinajstić information content (AvgIpc) is 2.16. The van der Waals surface area contributed by atoms with E-state index in [4.69, 9.17) is 0 Å². The Labute approximate surface area is 82.5 Å². The minimum atomic E-state index is 0.954. The molecule has 76 valence electrons. The minimum Gasteiger partial charge on any atom is -0.300 e. The summed E-state index contributed by atoms with van der Waals surface area (Å²) in [5, 5.41) is 0. The molecule has 1 heteroatoms. The predicted molar refractivity (Wildman–Crippen MR) is 56.8 cm³/mol. The molecule has 1 saturated carbocycles. The van der Waals surface area contributed by atoms with E-state index in [-0.39, 0.29) is 0 Å². The van der Waals surface area contributed by atoms with Gasteiger partial charge >= 0.3 is 0 Å². The number of nitrogens with zero attached hydrogens (tertiary/aromatic N) is 1. The van der Waals surface area contributed by atoms with E-state index in [1.807, 2.05) is 0 Å². The van der Waals surface area contributed by atoms with Crippen molar-refractivity contribution in [2.24, 2.45) is 11.8 Å². The number of hydrogen-bond acceptors (Lipinski definition) is 1. The number of likely N-dealkylation sites (tertiary alicyclic amines) is 1. The van der Waals surface area contributed by atoms with Crippen LogP contribution in [0.2, 0.25) is 0 Å². The molecule has 0 aromatic rings. The van der Waals surface area contributed by atoms with Gasteiger partial charge in [0.15, 0.2) is 0 Å². The summed E-state index contributed by atoms with van der Waals surface area (Å²) in [7, 11) is 0. The molecule has 2 rings (SSSR count). The molecule has 0 spiro atoms. The first-order valence-corrected chi connectivity index (χ1v) is 6.05. The van der Waals surface area contributed by atoms with Gasteiger partial charge in [0.05, 0.1) is 0 Å². The van der Waals surface area contributed by atoms with Crippen molar-refractivity contribution >= 4 is 0 Å². The molecule has 0 bridgehead atoms. The Morgan fingerprint density at radius 1 is 1.23 bits per heavy atom. The molecule has 0 amide bonds. The fourth-order valence-corrected chi connectivity index (χ4v) is 3.39. The van der Waals surface area contributed by atoms with E-state index < -0.39 is 0 Å². The summed E-state index contributed by atoms with van der Waals surface area (Å²) in [6.45, 7) is 7.39. The van der Waals surface area contributed by atoms with E-state index in [2.05, 4.69) is 18.7 Å². The Morgan fingerprint density at radius 2 is 2.08 bits per heavy atom. The highest BCUT2D eigenvalue weighted by molar-refractivity contribution is 4.88. The molecule has 0 N–H and O–H groups in total. The maximum atomic E-state index is 2.72. The normalized spacial score (nSPS) is 41.5. The van der Waals surface area contributed by atoms with Gasteiger partial charge in [0.1, 0.15) is 0 Å². The van der Waals surface area contributed by atoms with Crippen LogP contribution in [0.1, 0.15) is 46.0 Å². The molecule has 13 heavy (non-hydrogen) atoms. The summed E-state index contributed by atoms with van der Waals surface area (Å²) < 4.78 is 0. The van der Waals surface area contributed by atoms with Crippen molar-refractivity contribution in [2.45, 2.75) is 52.0 Å². The second-order valence-electron chi connectivity index (χ2n) is 5.02. The topological polar surface area (TPSA) is 3.24 Å². The number of hydrogen-bond donors (Lipinski definition) is 0. The van der Waals surface area contributed by atoms with Crippen molar-refractivity contribution in [3.05, 3.63) is 0 Å². The molecule has 0 aromatic heterocycles. The van der Waals surface area contributed by atoms with Crippen LogP contribution in [0, 0.1) is 11.8 Å². The van der Waals surface area contributed by atoms with E-state index in [0.29, 0.717) is 0 Å². The lowest BCUT2D eigenvalue weighted by atomic mass is 9.74. The molecule has 3 atom stereocenters. The number of piperidine rings is 1. The SMILES string of the molecule is CCN1CCCC2CC(C)CCC21. The van der Waals surface area contributed by atoms with Crippen molar-refractivity contribution in [3.8, 4) is 0 Å². The van der Waals surface area contributed by atoms with Crippen LogP contribution in [0.4, 0.5) is 0 Å². The second-order valence-corrected chi connectivity index (χ2v) is 5.02. The van der Waals surface area contributed by atoms with Crippen molar-refractivity contribution in [3.63, 3.8) is 0 Å². The Hall–Kier alpha value is -0.0400. The molecule has 1 aliphatic carbocycles. The zero-order chi connectivity index (χ0) is 9.26. The molecule has 2 fully saturated rings. The molecule has 2 aliphatic rings. The fourth-order valence-electron chi connectivity index (χ4n) is 3.39. The highest BCUT2D eigenvalue weighted by Gasteiger charge is 2.34. The van der Waals surface area contributed by atoms with Crippen molar-refractivity contribution in [1.82, 2.24) is 4.90 Å². The average molecular weight is 181 g/mol. The summed E-state index contributed by atoms with van der Waals surface area (Å²) in [5.74, 6) is 2.04. The number of rotatable bonds is 1. The third-order valence-corrected chi connectivity index (χ3v) is 4.10. The van der Waals surface area contributed by atoms with Gasteiger partial charge in [0.25, 0.3) is 0 Å². The summed E-state index contributed by atoms with van der Waals surface area (Å²) in [6, 6.07) is 0.954. The first kappa shape index (κ1) is 9.51. The second kappa shape index (κ2) is 4.00. The minimum absolute atomic E-state index is 0.954. The van der Waals surface area contributed by atoms with E-state index in [1.54, 1.807) is 0 Å². The standard InChI is InChI=1S/C12H23N/c1-3-13-8-4-5-11-9-10(2)6-7-12(11)13/h10-12H,3-9H2,1-2H3. The van der Waals surface area contributed by atoms with Gasteiger partial charge in [-0.2, -0.15) is 0 Å². The van der Waals surface area contributed by atoms with Crippen LogP contribution in [0.15, 0.2) is 0 Å². The van der Waals surface area contributed by atoms with Crippen molar-refractivity contribution in [1.29, 1.82) is 0 Å². The number of fused-ring (bicyclic) bond motifs is 1. The van der Waals surface area contributed by atoms with E-state index >= 15 is 0 Å². The Balaban J connectivity index is 1.99. The smallest absolute Gasteiger partial charge is 0.0124 e. The Morgan fingerprint density at radius 3 is 2.85 bits per heavy atom. The maximum Gasteiger partial charge on any atom is 0.0124 e. The van der Waals surface area contributed by atoms with Crippen LogP contribution in [-0.4, -0.2) is 24.0 Å². The molecule has 3 unspecified atom stereocenters. The van der Waals surface area contributed by atoms with Crippen LogP contribution < -0.4 is 0 Å². The quantitative estimate of drug-likeness (QED) is 0.601. The highest BCUT2D eigenvalue weighted by atomic mass is 15.2. The zero-order valence-electron chi connectivity index (χ0n) is 9.13. The van der Waals surface area contributed by atoms with E-state index in [9.17, 15) is 0 Å². The molecule has 0 radical (unpaired) electrons. The molecule has 1 saturated heterocycles. The van der Waals surface area contributed by atoms with Crippen LogP contribution in [0.3, 0.4) is 0 Å². The fraction of sp³-hybridized carbons (Fsp3) is 1.00. The summed E-state index contributed by atoms with van der Waals surface area (Å²) in [5.41, 5.74) is 0. The lowest BCUT2D eigenvalue weighted by Crippen LogP contribution is -2.47. The first-order valence-electron chi connectivity index (χ1n) is 6.05. The van der Waals surface area contributed by atoms with Gasteiger partial charge in [-0.1, -0.05) is 13.8 Å². The van der Waals surface area contributed by atoms with Gasteiger partial charge in [0, 0.05) is 6.04 Å². The monoisotopic (exact) mass is 181 g/mol. The maximum absolute atomic E-state index is 2.72. The van der Waals surface area contributed by atoms with Gasteiger partial charge in [-0.25, -0.2) is 0 Å². The molecular weight excluding hydrogens is 158 g/mol. The van der Waals surface area contributed by atoms with Gasteiger partial charge < -0.3 is 4.90 Å². The van der Waals surface area contributed by atoms with Crippen molar-refractivity contribution in [2.75, 3.05) is 13.1 Å². The Kier molecular flexibility index (Phi) is 2.92. The van der Waals surface area contributed by atoms with Crippen LogP contribution in [0.25, 0.3) is 0 Å². The van der Waals surface area contributed by atoms with Crippen molar-refractivity contribution < 1.29 is 0 Å². The molecule has 1 aliphatic heterocycles. The summed E-state index contributed by atoms with van der Waals surface area (Å²) >= 11 is 0. The molecule has 1 nitrogen and oxygen atoms in total. The van der Waals surface area contributed by atoms with Gasteiger partial charge in [0.2, 0.25) is 0 Å². The zero-order valence-corrected chi connectivity index (χ0v) is 9.13. The third-order valence-electron chi connectivity index (χ3n) is 4.10. The van der Waals surface area contributed by atoms with Crippen LogP contribution >= 0.6 is 0 Å². The van der Waals surface area contributed by atoms with E-state index in [1.165, 1.54) is 45.2 Å². The van der Waals surface area contributed by atoms with E-state index in [0.717, 1.165) is 17.9 Å². The molecule has 1 heterocycles. The van der Waals surface area contributed by atoms with Crippen LogP contribution in [0.5, 0.6) is 0 Å². The summed E-state index contributed by atoms with van der Waals surface area (Å²) in [6.07, 6.45) is 7.39. The predicted octanol–water partition coefficient (Wildman–Crippen LogP) is 2.91. The van der Waals surface area contributed by atoms with Crippen LogP contribution in [-0.2, 0) is 0 Å². The Bertz CT molecular complexity index is 167. The highest BCUT2D eigenvalue weighted by Crippen LogP contribution is 2.37. The van der Waals surface area contributed by atoms with Gasteiger partial charge in [-0.3, -0.25) is 0 Å².